The van der Waals surface area contributed by atoms with Crippen LogP contribution >= 0.6 is 11.3 Å². The zero-order chi connectivity index (χ0) is 22.8. The standard InChI is InChI=1S/C25H25N3O3S/c1-16-23(32-24(26-16)18-12-8-5-9-13-18)21(29)19-20(17-10-6-4-7-11-17)28(15-14-27(2)3)25(31)22(19)30/h4-13,20,30H,14-15H2,1-3H3/t20-/m1/s1. The molecule has 0 saturated carbocycles. The third-order valence-electron chi connectivity index (χ3n) is 5.48. The highest BCUT2D eigenvalue weighted by molar-refractivity contribution is 7.17. The summed E-state index contributed by atoms with van der Waals surface area (Å²) in [6.07, 6.45) is 0. The van der Waals surface area contributed by atoms with Gasteiger partial charge in [-0.1, -0.05) is 60.7 Å². The highest BCUT2D eigenvalue weighted by atomic mass is 32.1. The van der Waals surface area contributed by atoms with Crippen LogP contribution in [0.5, 0.6) is 0 Å². The highest BCUT2D eigenvalue weighted by Gasteiger charge is 2.44. The largest absolute Gasteiger partial charge is 0.503 e. The number of rotatable bonds is 7. The van der Waals surface area contributed by atoms with Crippen molar-refractivity contribution in [3.63, 3.8) is 0 Å². The fourth-order valence-corrected chi connectivity index (χ4v) is 4.87. The Morgan fingerprint density at radius 3 is 2.34 bits per heavy atom. The van der Waals surface area contributed by atoms with Crippen molar-refractivity contribution in [3.05, 3.63) is 88.1 Å². The summed E-state index contributed by atoms with van der Waals surface area (Å²) in [5, 5.41) is 11.5. The minimum absolute atomic E-state index is 0.117. The van der Waals surface area contributed by atoms with Crippen LogP contribution in [0.25, 0.3) is 10.6 Å². The van der Waals surface area contributed by atoms with Gasteiger partial charge in [-0.3, -0.25) is 9.59 Å². The normalized spacial score (nSPS) is 16.3. The maximum absolute atomic E-state index is 13.7. The molecule has 3 aromatic rings. The first-order chi connectivity index (χ1) is 15.4. The smallest absolute Gasteiger partial charge is 0.290 e. The maximum atomic E-state index is 13.7. The van der Waals surface area contributed by atoms with Gasteiger partial charge in [-0.15, -0.1) is 11.3 Å². The molecule has 2 aromatic carbocycles. The van der Waals surface area contributed by atoms with E-state index in [4.69, 9.17) is 0 Å². The molecule has 1 aromatic heterocycles. The number of carbonyl (C=O) groups is 2. The van der Waals surface area contributed by atoms with Crippen LogP contribution in [0.3, 0.4) is 0 Å². The number of amides is 1. The first-order valence-electron chi connectivity index (χ1n) is 10.4. The maximum Gasteiger partial charge on any atom is 0.290 e. The van der Waals surface area contributed by atoms with Crippen LogP contribution in [0.15, 0.2) is 72.0 Å². The van der Waals surface area contributed by atoms with E-state index < -0.39 is 17.7 Å². The summed E-state index contributed by atoms with van der Waals surface area (Å²) in [6.45, 7) is 2.79. The molecule has 0 saturated heterocycles. The van der Waals surface area contributed by atoms with Crippen LogP contribution in [0, 0.1) is 6.92 Å². The number of ketones is 1. The lowest BCUT2D eigenvalue weighted by Crippen LogP contribution is -2.36. The number of hydrogen-bond acceptors (Lipinski definition) is 6. The molecule has 0 fully saturated rings. The Labute approximate surface area is 191 Å². The first-order valence-corrected chi connectivity index (χ1v) is 11.2. The number of benzene rings is 2. The summed E-state index contributed by atoms with van der Waals surface area (Å²) in [4.78, 5) is 35.3. The third kappa shape index (κ3) is 4.09. The first kappa shape index (κ1) is 21.9. The summed E-state index contributed by atoms with van der Waals surface area (Å²) < 4.78 is 0. The van der Waals surface area contributed by atoms with E-state index >= 15 is 0 Å². The van der Waals surface area contributed by atoms with Crippen molar-refractivity contribution in [2.45, 2.75) is 13.0 Å². The topological polar surface area (TPSA) is 73.7 Å². The van der Waals surface area contributed by atoms with Crippen molar-refractivity contribution in [2.75, 3.05) is 27.2 Å². The second-order valence-corrected chi connectivity index (χ2v) is 9.01. The SMILES string of the molecule is Cc1nc(-c2ccccc2)sc1C(=O)C1=C(O)C(=O)N(CCN(C)C)[C@@H]1c1ccccc1. The number of carbonyl (C=O) groups excluding carboxylic acids is 2. The van der Waals surface area contributed by atoms with Gasteiger partial charge in [-0.05, 0) is 26.6 Å². The van der Waals surface area contributed by atoms with Crippen molar-refractivity contribution in [3.8, 4) is 10.6 Å². The van der Waals surface area contributed by atoms with Crippen LogP contribution in [0.2, 0.25) is 0 Å². The average molecular weight is 448 g/mol. The second kappa shape index (κ2) is 9.06. The minimum Gasteiger partial charge on any atom is -0.503 e. The second-order valence-electron chi connectivity index (χ2n) is 8.01. The zero-order valence-corrected chi connectivity index (χ0v) is 19.1. The molecule has 7 heteroatoms. The van der Waals surface area contributed by atoms with E-state index in [2.05, 4.69) is 4.98 Å². The fraction of sp³-hybridized carbons (Fsp3) is 0.240. The number of nitrogens with zero attached hydrogens (tertiary/aromatic N) is 3. The van der Waals surface area contributed by atoms with Crippen LogP contribution in [0.4, 0.5) is 0 Å². The van der Waals surface area contributed by atoms with Gasteiger partial charge >= 0.3 is 0 Å². The summed E-state index contributed by atoms with van der Waals surface area (Å²) in [6, 6.07) is 18.4. The number of aromatic nitrogens is 1. The Balaban J connectivity index is 1.76. The predicted molar refractivity (Wildman–Crippen MR) is 126 cm³/mol. The summed E-state index contributed by atoms with van der Waals surface area (Å²) in [5.74, 6) is -1.35. The Morgan fingerprint density at radius 2 is 1.72 bits per heavy atom. The zero-order valence-electron chi connectivity index (χ0n) is 18.3. The molecule has 2 heterocycles. The molecule has 1 atom stereocenters. The van der Waals surface area contributed by atoms with E-state index in [-0.39, 0.29) is 11.4 Å². The van der Waals surface area contributed by atoms with Gasteiger partial charge in [-0.25, -0.2) is 4.98 Å². The molecule has 4 rings (SSSR count). The monoisotopic (exact) mass is 447 g/mol. The molecule has 32 heavy (non-hydrogen) atoms. The van der Waals surface area contributed by atoms with Crippen molar-refractivity contribution in [1.29, 1.82) is 0 Å². The van der Waals surface area contributed by atoms with Gasteiger partial charge in [0.1, 0.15) is 5.01 Å². The minimum atomic E-state index is -0.641. The van der Waals surface area contributed by atoms with Gasteiger partial charge in [0.2, 0.25) is 5.78 Å². The van der Waals surface area contributed by atoms with E-state index in [0.717, 1.165) is 16.1 Å². The molecule has 1 aliphatic rings. The summed E-state index contributed by atoms with van der Waals surface area (Å²) in [7, 11) is 3.84. The Morgan fingerprint density at radius 1 is 1.09 bits per heavy atom. The molecular formula is C25H25N3O3S. The Hall–Kier alpha value is -3.29. The van der Waals surface area contributed by atoms with E-state index in [1.54, 1.807) is 11.8 Å². The number of hydrogen-bond donors (Lipinski definition) is 1. The molecule has 0 unspecified atom stereocenters. The van der Waals surface area contributed by atoms with Crippen LogP contribution < -0.4 is 0 Å². The van der Waals surface area contributed by atoms with E-state index in [0.29, 0.717) is 23.7 Å². The van der Waals surface area contributed by atoms with Gasteiger partial charge in [0, 0.05) is 18.7 Å². The number of thiazole rings is 1. The van der Waals surface area contributed by atoms with E-state index in [1.807, 2.05) is 79.7 Å². The van der Waals surface area contributed by atoms with E-state index in [1.165, 1.54) is 11.3 Å². The summed E-state index contributed by atoms with van der Waals surface area (Å²) in [5.41, 5.74) is 2.42. The molecule has 1 N–H and O–H groups in total. The number of aliphatic hydroxyl groups excluding tert-OH is 1. The predicted octanol–water partition coefficient (Wildman–Crippen LogP) is 4.26. The van der Waals surface area contributed by atoms with Crippen LogP contribution in [0.1, 0.15) is 27.0 Å². The quantitative estimate of drug-likeness (QED) is 0.548. The van der Waals surface area contributed by atoms with Gasteiger partial charge in [0.05, 0.1) is 22.2 Å². The molecule has 6 nitrogen and oxygen atoms in total. The van der Waals surface area contributed by atoms with Crippen LogP contribution in [-0.4, -0.2) is 58.8 Å². The molecule has 1 aliphatic heterocycles. The molecule has 0 spiro atoms. The van der Waals surface area contributed by atoms with E-state index in [9.17, 15) is 14.7 Å². The van der Waals surface area contributed by atoms with Crippen molar-refractivity contribution in [1.82, 2.24) is 14.8 Å². The summed E-state index contributed by atoms with van der Waals surface area (Å²) >= 11 is 1.28. The van der Waals surface area contributed by atoms with Gasteiger partial charge in [0.15, 0.2) is 5.76 Å². The lowest BCUT2D eigenvalue weighted by Gasteiger charge is -2.28. The third-order valence-corrected chi connectivity index (χ3v) is 6.68. The van der Waals surface area contributed by atoms with Crippen LogP contribution in [-0.2, 0) is 4.79 Å². The van der Waals surface area contributed by atoms with Gasteiger partial charge < -0.3 is 14.9 Å². The average Bonchev–Trinajstić information content (AvgIpc) is 3.31. The van der Waals surface area contributed by atoms with Gasteiger partial charge in [0.25, 0.3) is 5.91 Å². The van der Waals surface area contributed by atoms with Crippen molar-refractivity contribution in [2.24, 2.45) is 0 Å². The number of aliphatic hydroxyl groups is 1. The molecule has 0 bridgehead atoms. The van der Waals surface area contributed by atoms with Crippen molar-refractivity contribution < 1.29 is 14.7 Å². The molecule has 1 amide bonds. The Bertz CT molecular complexity index is 1170. The lowest BCUT2D eigenvalue weighted by atomic mass is 9.95. The number of aryl methyl sites for hydroxylation is 1. The Kier molecular flexibility index (Phi) is 6.21. The van der Waals surface area contributed by atoms with Gasteiger partial charge in [-0.2, -0.15) is 0 Å². The fourth-order valence-electron chi connectivity index (χ4n) is 3.84. The highest BCUT2D eigenvalue weighted by Crippen LogP contribution is 2.40. The van der Waals surface area contributed by atoms with Crippen molar-refractivity contribution >= 4 is 23.0 Å². The molecule has 0 aliphatic carbocycles. The lowest BCUT2D eigenvalue weighted by molar-refractivity contribution is -0.129. The number of Topliss-reactive ketones (excluding diaryl/α,β-unsaturated/α-hetero) is 1. The molecule has 164 valence electrons. The molecular weight excluding hydrogens is 422 g/mol. The molecule has 0 radical (unpaired) electrons. The number of likely N-dealkylation sites (N-methyl/N-ethyl adjacent to an activating group) is 1.